The first-order chi connectivity index (χ1) is 20.5. The van der Waals surface area contributed by atoms with E-state index in [9.17, 15) is 9.59 Å². The molecule has 0 aliphatic carbocycles. The molecule has 3 aliphatic rings. The molecule has 2 aromatic carbocycles. The van der Waals surface area contributed by atoms with Gasteiger partial charge in [0.25, 0.3) is 0 Å². The first kappa shape index (κ1) is 29.7. The van der Waals surface area contributed by atoms with Gasteiger partial charge in [-0.15, -0.1) is 0 Å². The molecule has 1 atom stereocenters. The lowest BCUT2D eigenvalue weighted by atomic mass is 9.93. The molecule has 1 unspecified atom stereocenters. The summed E-state index contributed by atoms with van der Waals surface area (Å²) in [6, 6.07) is 15.0. The molecule has 0 aromatic heterocycles. The molecule has 1 amide bonds. The van der Waals surface area contributed by atoms with Crippen LogP contribution in [0.5, 0.6) is 11.5 Å². The van der Waals surface area contributed by atoms with E-state index in [1.807, 2.05) is 65.8 Å². The molecule has 3 heterocycles. The van der Waals surface area contributed by atoms with Crippen LogP contribution in [0.1, 0.15) is 50.3 Å². The molecule has 42 heavy (non-hydrogen) atoms. The van der Waals surface area contributed by atoms with Crippen LogP contribution in [0.15, 0.2) is 75.9 Å². The molecule has 0 radical (unpaired) electrons. The number of benzene rings is 2. The Morgan fingerprint density at radius 3 is 2.62 bits per heavy atom. The van der Waals surface area contributed by atoms with Crippen molar-refractivity contribution in [3.63, 3.8) is 0 Å². The number of ether oxygens (including phenoxy) is 3. The third-order valence-electron chi connectivity index (χ3n) is 7.53. The predicted molar refractivity (Wildman–Crippen MR) is 164 cm³/mol. The predicted octanol–water partition coefficient (Wildman–Crippen LogP) is 5.01. The normalized spacial score (nSPS) is 18.4. The third kappa shape index (κ3) is 6.82. The van der Waals surface area contributed by atoms with Crippen LogP contribution in [0.3, 0.4) is 0 Å². The van der Waals surface area contributed by atoms with Gasteiger partial charge < -0.3 is 29.3 Å². The molecule has 0 bridgehead atoms. The molecule has 1 N–H and O–H groups in total. The Hall–Kier alpha value is -3.76. The van der Waals surface area contributed by atoms with Crippen molar-refractivity contribution in [1.82, 2.24) is 15.1 Å². The van der Waals surface area contributed by atoms with Gasteiger partial charge in [-0.1, -0.05) is 48.2 Å². The number of hydrogen-bond acceptors (Lipinski definition) is 9. The molecule has 10 heteroatoms. The van der Waals surface area contributed by atoms with Gasteiger partial charge in [0, 0.05) is 18.8 Å². The van der Waals surface area contributed by atoms with Crippen molar-refractivity contribution in [2.45, 2.75) is 45.8 Å². The van der Waals surface area contributed by atoms with Crippen molar-refractivity contribution in [3.05, 3.63) is 82.0 Å². The minimum atomic E-state index is -0.549. The Morgan fingerprint density at radius 2 is 1.88 bits per heavy atom. The van der Waals surface area contributed by atoms with E-state index >= 15 is 0 Å². The number of fused-ring (bicyclic) bond motifs is 1. The van der Waals surface area contributed by atoms with Crippen molar-refractivity contribution < 1.29 is 23.8 Å². The highest BCUT2D eigenvalue weighted by molar-refractivity contribution is 8.16. The van der Waals surface area contributed by atoms with Gasteiger partial charge in [-0.25, -0.2) is 9.79 Å². The van der Waals surface area contributed by atoms with Crippen LogP contribution in [0.25, 0.3) is 0 Å². The van der Waals surface area contributed by atoms with Crippen LogP contribution in [0.2, 0.25) is 0 Å². The largest absolute Gasteiger partial charge is 0.493 e. The Balaban J connectivity index is 1.39. The number of nitrogens with one attached hydrogen (secondary N) is 1. The van der Waals surface area contributed by atoms with Gasteiger partial charge in [-0.3, -0.25) is 4.79 Å². The number of carbonyl (C=O) groups excluding carboxylic acids is 2. The smallest absolute Gasteiger partial charge is 0.338 e. The second-order valence-electron chi connectivity index (χ2n) is 10.4. The number of allylic oxidation sites excluding steroid dienone is 1. The summed E-state index contributed by atoms with van der Waals surface area (Å²) in [4.78, 5) is 35.4. The second kappa shape index (κ2) is 13.9. The van der Waals surface area contributed by atoms with Gasteiger partial charge in [0.05, 0.1) is 37.4 Å². The van der Waals surface area contributed by atoms with Crippen molar-refractivity contribution in [3.8, 4) is 11.5 Å². The lowest BCUT2D eigenvalue weighted by Crippen LogP contribution is -2.39. The van der Waals surface area contributed by atoms with Crippen molar-refractivity contribution in [2.75, 3.05) is 39.9 Å². The molecule has 222 valence electrons. The first-order valence-electron chi connectivity index (χ1n) is 14.4. The zero-order chi connectivity index (χ0) is 29.5. The number of rotatable bonds is 12. The SMILES string of the molecule is CCOC(=O)C1=C(C)N=C2SC=C(CC(=O)NCCN3CCCC3)N2C1c1ccc(OCc2ccccc2)c(OC)c1. The van der Waals surface area contributed by atoms with Crippen LogP contribution in [-0.2, 0) is 20.9 Å². The Morgan fingerprint density at radius 1 is 1.10 bits per heavy atom. The van der Waals surface area contributed by atoms with Crippen LogP contribution in [-0.4, -0.2) is 66.7 Å². The van der Waals surface area contributed by atoms with Gasteiger partial charge in [0.2, 0.25) is 5.91 Å². The fourth-order valence-electron chi connectivity index (χ4n) is 5.45. The summed E-state index contributed by atoms with van der Waals surface area (Å²) in [5.74, 6) is 0.646. The van der Waals surface area contributed by atoms with Gasteiger partial charge in [-0.2, -0.15) is 0 Å². The van der Waals surface area contributed by atoms with Crippen LogP contribution < -0.4 is 14.8 Å². The van der Waals surface area contributed by atoms with Crippen molar-refractivity contribution in [2.24, 2.45) is 4.99 Å². The number of thioether (sulfide) groups is 1. The zero-order valence-electron chi connectivity index (χ0n) is 24.4. The summed E-state index contributed by atoms with van der Waals surface area (Å²) in [6.07, 6.45) is 2.61. The average Bonchev–Trinajstić information content (AvgIpc) is 3.66. The maximum atomic E-state index is 13.3. The molecule has 0 saturated carbocycles. The Bertz CT molecular complexity index is 1380. The zero-order valence-corrected chi connectivity index (χ0v) is 25.2. The molecular formula is C32H38N4O5S. The van der Waals surface area contributed by atoms with Crippen LogP contribution >= 0.6 is 11.8 Å². The van der Waals surface area contributed by atoms with E-state index in [2.05, 4.69) is 10.2 Å². The molecule has 3 aliphatic heterocycles. The van der Waals surface area contributed by atoms with Gasteiger partial charge in [0.15, 0.2) is 16.7 Å². The first-order valence-corrected chi connectivity index (χ1v) is 15.3. The highest BCUT2D eigenvalue weighted by atomic mass is 32.2. The van der Waals surface area contributed by atoms with E-state index in [0.29, 0.717) is 41.1 Å². The average molecular weight is 591 g/mol. The molecule has 1 fully saturated rings. The van der Waals surface area contributed by atoms with E-state index in [1.54, 1.807) is 14.0 Å². The maximum Gasteiger partial charge on any atom is 0.338 e. The quantitative estimate of drug-likeness (QED) is 0.345. The van der Waals surface area contributed by atoms with Gasteiger partial charge in [0.1, 0.15) is 6.61 Å². The number of amides is 1. The number of esters is 1. The lowest BCUT2D eigenvalue weighted by Gasteiger charge is -2.36. The van der Waals surface area contributed by atoms with E-state index in [0.717, 1.165) is 36.5 Å². The number of amidine groups is 1. The minimum absolute atomic E-state index is 0.0627. The molecule has 2 aromatic rings. The van der Waals surface area contributed by atoms with E-state index < -0.39 is 12.0 Å². The number of carbonyl (C=O) groups is 2. The fraction of sp³-hybridized carbons (Fsp3) is 0.406. The van der Waals surface area contributed by atoms with Crippen LogP contribution in [0, 0.1) is 0 Å². The summed E-state index contributed by atoms with van der Waals surface area (Å²) in [7, 11) is 1.60. The highest BCUT2D eigenvalue weighted by Crippen LogP contribution is 2.46. The molecule has 5 rings (SSSR count). The Kier molecular flexibility index (Phi) is 9.86. The second-order valence-corrected chi connectivity index (χ2v) is 11.2. The number of likely N-dealkylation sites (tertiary alicyclic amines) is 1. The van der Waals surface area contributed by atoms with Crippen molar-refractivity contribution in [1.29, 1.82) is 0 Å². The van der Waals surface area contributed by atoms with Crippen molar-refractivity contribution >= 4 is 28.8 Å². The number of aliphatic imine (C=N–C) groups is 1. The van der Waals surface area contributed by atoms with E-state index in [-0.39, 0.29) is 18.9 Å². The molecule has 9 nitrogen and oxygen atoms in total. The molecule has 1 saturated heterocycles. The summed E-state index contributed by atoms with van der Waals surface area (Å²) >= 11 is 1.45. The summed E-state index contributed by atoms with van der Waals surface area (Å²) in [6.45, 7) is 7.89. The maximum absolute atomic E-state index is 13.3. The third-order valence-corrected chi connectivity index (χ3v) is 8.42. The monoisotopic (exact) mass is 590 g/mol. The van der Waals surface area contributed by atoms with Crippen LogP contribution in [0.4, 0.5) is 0 Å². The lowest BCUT2D eigenvalue weighted by molar-refractivity contribution is -0.139. The summed E-state index contributed by atoms with van der Waals surface area (Å²) in [5.41, 5.74) is 3.65. The number of methoxy groups -OCH3 is 1. The van der Waals surface area contributed by atoms with Gasteiger partial charge >= 0.3 is 5.97 Å². The number of nitrogens with zero attached hydrogens (tertiary/aromatic N) is 3. The van der Waals surface area contributed by atoms with E-state index in [1.165, 1.54) is 24.6 Å². The highest BCUT2D eigenvalue weighted by Gasteiger charge is 2.41. The van der Waals surface area contributed by atoms with Gasteiger partial charge in [-0.05, 0) is 68.4 Å². The molecular weight excluding hydrogens is 552 g/mol. The minimum Gasteiger partial charge on any atom is -0.493 e. The number of hydrogen-bond donors (Lipinski definition) is 1. The summed E-state index contributed by atoms with van der Waals surface area (Å²) in [5, 5.41) is 5.73. The molecule has 0 spiro atoms. The summed E-state index contributed by atoms with van der Waals surface area (Å²) < 4.78 is 17.3. The topological polar surface area (TPSA) is 92.7 Å². The van der Waals surface area contributed by atoms with E-state index in [4.69, 9.17) is 19.2 Å². The Labute approximate surface area is 251 Å². The fourth-order valence-corrected chi connectivity index (χ4v) is 6.41. The standard InChI is InChI=1S/C32H38N4O5S/c1-4-40-31(38)29-22(2)34-32-36(25(21-42-32)19-28(37)33-14-17-35-15-8-9-16-35)30(29)24-12-13-26(27(18-24)39-3)41-20-23-10-6-5-7-11-23/h5-7,10-13,18,21,30H,4,8-9,14-17,19-20H2,1-3H3,(H,33,37).